The number of imide groups is 1. The van der Waals surface area contributed by atoms with Gasteiger partial charge in [-0.3, -0.25) is 39.2 Å². The van der Waals surface area contributed by atoms with Gasteiger partial charge in [-0.25, -0.2) is 0 Å². The van der Waals surface area contributed by atoms with Gasteiger partial charge in [0.2, 0.25) is 17.7 Å². The van der Waals surface area contributed by atoms with Gasteiger partial charge in [0.05, 0.1) is 22.2 Å². The minimum Gasteiger partial charge on any atom is -0.491 e. The van der Waals surface area contributed by atoms with E-state index in [1.54, 1.807) is 53.4 Å². The molecule has 3 N–H and O–H groups in total. The Hall–Kier alpha value is -4.52. The van der Waals surface area contributed by atoms with Gasteiger partial charge in [-0.15, -0.1) is 12.6 Å². The molecule has 0 aromatic heterocycles. The average Bonchev–Trinajstić information content (AvgIpc) is 3.30. The molecule has 4 amide bonds. The molecule has 0 bridgehead atoms. The van der Waals surface area contributed by atoms with E-state index in [9.17, 15) is 24.4 Å². The lowest BCUT2D eigenvalue weighted by molar-refractivity contribution is -0.133. The summed E-state index contributed by atoms with van der Waals surface area (Å²) in [6.07, 6.45) is 0.688. The highest BCUT2D eigenvalue weighted by atomic mass is 35.5. The molecule has 4 atom stereocenters. The fourth-order valence-corrected chi connectivity index (χ4v) is 8.55. The van der Waals surface area contributed by atoms with E-state index in [1.165, 1.54) is 0 Å². The van der Waals surface area contributed by atoms with Crippen LogP contribution in [-0.4, -0.2) is 95.4 Å². The van der Waals surface area contributed by atoms with Crippen LogP contribution in [0.25, 0.3) is 0 Å². The summed E-state index contributed by atoms with van der Waals surface area (Å²) in [7, 11) is 0. The van der Waals surface area contributed by atoms with E-state index in [-0.39, 0.29) is 53.7 Å². The predicted octanol–water partition coefficient (Wildman–Crippen LogP) is 5.34. The van der Waals surface area contributed by atoms with Crippen molar-refractivity contribution in [2.45, 2.75) is 69.7 Å². The van der Waals surface area contributed by atoms with Gasteiger partial charge in [-0.1, -0.05) is 29.3 Å². The molecule has 3 aromatic rings. The molecule has 3 saturated heterocycles. The summed E-state index contributed by atoms with van der Waals surface area (Å²) >= 11 is 17.8. The summed E-state index contributed by atoms with van der Waals surface area (Å²) in [5, 5.41) is 18.4. The van der Waals surface area contributed by atoms with Gasteiger partial charge in [0.15, 0.2) is 5.50 Å². The van der Waals surface area contributed by atoms with Crippen molar-refractivity contribution in [2.75, 3.05) is 53.2 Å². The van der Waals surface area contributed by atoms with E-state index in [0.29, 0.717) is 58.7 Å². The number of ether oxygens (including phenoxy) is 1. The summed E-state index contributed by atoms with van der Waals surface area (Å²) in [4.78, 5) is 58.3. The summed E-state index contributed by atoms with van der Waals surface area (Å²) < 4.78 is 6.13. The summed E-state index contributed by atoms with van der Waals surface area (Å²) in [5.41, 5.74) is 1.22. The highest BCUT2D eigenvalue weighted by Crippen LogP contribution is 2.42. The zero-order chi connectivity index (χ0) is 39.6. The van der Waals surface area contributed by atoms with Gasteiger partial charge < -0.3 is 20.3 Å². The molecule has 3 aliphatic heterocycles. The first-order valence-corrected chi connectivity index (χ1v) is 19.3. The Morgan fingerprint density at radius 1 is 1.00 bits per heavy atom. The number of nitriles is 1. The quantitative estimate of drug-likeness (QED) is 0.148. The molecule has 55 heavy (non-hydrogen) atoms. The second kappa shape index (κ2) is 16.7. The molecule has 3 fully saturated rings. The highest BCUT2D eigenvalue weighted by molar-refractivity contribution is 7.81. The number of benzene rings is 3. The van der Waals surface area contributed by atoms with Gasteiger partial charge in [-0.05, 0) is 88.7 Å². The Kier molecular flexibility index (Phi) is 12.2. The van der Waals surface area contributed by atoms with Crippen LogP contribution in [0.3, 0.4) is 0 Å². The van der Waals surface area contributed by atoms with Crippen LogP contribution in [-0.2, 0) is 19.2 Å². The zero-order valence-electron chi connectivity index (χ0n) is 31.0. The van der Waals surface area contributed by atoms with Crippen molar-refractivity contribution in [2.24, 2.45) is 0 Å². The number of nitrogens with zero attached hydrogens (tertiary/aromatic N) is 5. The lowest BCUT2D eigenvalue weighted by Crippen LogP contribution is -2.58. The summed E-state index contributed by atoms with van der Waals surface area (Å²) in [5.74, 6) is -0.420. The van der Waals surface area contributed by atoms with Gasteiger partial charge >= 0.3 is 0 Å². The first-order valence-electron chi connectivity index (χ1n) is 18.1. The Balaban J connectivity index is 0.994. The van der Waals surface area contributed by atoms with Crippen molar-refractivity contribution in [1.82, 2.24) is 15.1 Å². The number of piperidine rings is 1. The largest absolute Gasteiger partial charge is 0.491 e. The van der Waals surface area contributed by atoms with Crippen molar-refractivity contribution in [1.29, 1.82) is 5.26 Å². The highest BCUT2D eigenvalue weighted by Gasteiger charge is 2.51. The number of amides is 4. The van der Waals surface area contributed by atoms with Crippen molar-refractivity contribution >= 4 is 82.2 Å². The van der Waals surface area contributed by atoms with E-state index in [2.05, 4.69) is 39.6 Å². The van der Waals surface area contributed by atoms with E-state index in [4.69, 9.17) is 40.6 Å². The standard InChI is InChI=1S/C39H44Cl2N8O5S/c1-23-20-46(21-24(2)47(23)22-35(51)44-27-7-5-6-26(16-27)43-32-11-13-34(50)45-36(32)52)14-15-54-33-12-10-29(18-31(33)41)49-38(55)48(37(53)39(49,3)4)28-9-8-25(19-42)30(40)17-28/h5-10,12,16-18,23-24,32,38,43,55H,11,13-15,20-22H2,1-4H3,(H,44,51)(H,45,50,52)/t23-,24+,32?,38?. The molecule has 0 radical (unpaired) electrons. The van der Waals surface area contributed by atoms with E-state index >= 15 is 0 Å². The lowest BCUT2D eigenvalue weighted by Gasteiger charge is -2.44. The second-order valence-electron chi connectivity index (χ2n) is 14.6. The molecule has 3 aromatic carbocycles. The van der Waals surface area contributed by atoms with Crippen LogP contribution in [0.1, 0.15) is 46.1 Å². The van der Waals surface area contributed by atoms with Crippen molar-refractivity contribution in [3.05, 3.63) is 76.3 Å². The van der Waals surface area contributed by atoms with Gasteiger partial charge in [0.1, 0.15) is 30.0 Å². The summed E-state index contributed by atoms with van der Waals surface area (Å²) in [6, 6.07) is 19.2. The minimum atomic E-state index is -0.962. The Bertz CT molecular complexity index is 2020. The third-order valence-electron chi connectivity index (χ3n) is 10.2. The fraction of sp³-hybridized carbons (Fsp3) is 0.410. The fourth-order valence-electron chi connectivity index (χ4n) is 7.45. The molecule has 16 heteroatoms. The molecule has 3 aliphatic rings. The lowest BCUT2D eigenvalue weighted by atomic mass is 10.0. The van der Waals surface area contributed by atoms with Crippen LogP contribution in [0.15, 0.2) is 60.7 Å². The first-order chi connectivity index (χ1) is 26.2. The number of rotatable bonds is 11. The van der Waals surface area contributed by atoms with Crippen LogP contribution < -0.4 is 30.5 Å². The normalized spacial score (nSPS) is 23.0. The van der Waals surface area contributed by atoms with E-state index < -0.39 is 17.1 Å². The maximum Gasteiger partial charge on any atom is 0.254 e. The molecule has 2 unspecified atom stereocenters. The molecule has 0 spiro atoms. The molecule has 0 aliphatic carbocycles. The van der Waals surface area contributed by atoms with Crippen molar-refractivity contribution in [3.8, 4) is 11.8 Å². The van der Waals surface area contributed by atoms with Gasteiger partial charge in [0.25, 0.3) is 5.91 Å². The number of anilines is 4. The third kappa shape index (κ3) is 8.82. The number of carbonyl (C=O) groups is 4. The van der Waals surface area contributed by atoms with E-state index in [0.717, 1.165) is 13.1 Å². The van der Waals surface area contributed by atoms with Crippen LogP contribution >= 0.6 is 35.8 Å². The number of carbonyl (C=O) groups excluding carboxylic acids is 4. The third-order valence-corrected chi connectivity index (χ3v) is 11.3. The maximum absolute atomic E-state index is 13.6. The van der Waals surface area contributed by atoms with Crippen LogP contribution in [0, 0.1) is 11.3 Å². The molecule has 0 saturated carbocycles. The van der Waals surface area contributed by atoms with Gasteiger partial charge in [0, 0.05) is 60.9 Å². The topological polar surface area (TPSA) is 150 Å². The molecular formula is C39H44Cl2N8O5S. The Morgan fingerprint density at radius 3 is 2.36 bits per heavy atom. The number of halogens is 2. The predicted molar refractivity (Wildman–Crippen MR) is 217 cm³/mol. The Morgan fingerprint density at radius 2 is 1.69 bits per heavy atom. The summed E-state index contributed by atoms with van der Waals surface area (Å²) in [6.45, 7) is 10.6. The van der Waals surface area contributed by atoms with Crippen LogP contribution in [0.4, 0.5) is 22.7 Å². The average molecular weight is 808 g/mol. The molecule has 3 heterocycles. The van der Waals surface area contributed by atoms with E-state index in [1.807, 2.05) is 36.9 Å². The molecule has 6 rings (SSSR count). The second-order valence-corrected chi connectivity index (χ2v) is 15.9. The SMILES string of the molecule is C[C@@H]1CN(CCOc2ccc(N3C(S)N(c4ccc(C#N)c(Cl)c4)C(=O)C3(C)C)cc2Cl)C[C@H](C)N1CC(=O)Nc1cccc(NC2CCC(=O)NC2=O)c1. The maximum atomic E-state index is 13.6. The Labute approximate surface area is 336 Å². The van der Waals surface area contributed by atoms with Crippen molar-refractivity contribution in [3.63, 3.8) is 0 Å². The molecular weight excluding hydrogens is 763 g/mol. The number of piperazine rings is 1. The number of hydrogen-bond acceptors (Lipinski definition) is 11. The van der Waals surface area contributed by atoms with Crippen LogP contribution in [0.2, 0.25) is 10.0 Å². The number of nitrogens with one attached hydrogen (secondary N) is 3. The van der Waals surface area contributed by atoms with Gasteiger partial charge in [-0.2, -0.15) is 5.26 Å². The smallest absolute Gasteiger partial charge is 0.254 e. The minimum absolute atomic E-state index is 0.110. The monoisotopic (exact) mass is 806 g/mol. The van der Waals surface area contributed by atoms with Crippen molar-refractivity contribution < 1.29 is 23.9 Å². The molecule has 290 valence electrons. The number of thiol groups is 1. The first kappa shape index (κ1) is 40.2. The zero-order valence-corrected chi connectivity index (χ0v) is 33.4. The number of hydrogen-bond donors (Lipinski definition) is 4. The van der Waals surface area contributed by atoms with Crippen LogP contribution in [0.5, 0.6) is 5.75 Å². The molecule has 13 nitrogen and oxygen atoms in total.